The Hall–Kier alpha value is -1.79. The number of carbonyl (C=O) groups excluding carboxylic acids is 1. The second-order valence-electron chi connectivity index (χ2n) is 5.07. The fourth-order valence-corrected chi connectivity index (χ4v) is 2.51. The summed E-state index contributed by atoms with van der Waals surface area (Å²) in [5.74, 6) is -2.58. The van der Waals surface area contributed by atoms with E-state index >= 15 is 0 Å². The minimum Gasteiger partial charge on any atom is -0.481 e. The van der Waals surface area contributed by atoms with Gasteiger partial charge in [-0.25, -0.2) is 9.59 Å². The van der Waals surface area contributed by atoms with E-state index in [1.54, 1.807) is 4.90 Å². The van der Waals surface area contributed by atoms with Crippen molar-refractivity contribution >= 4 is 18.0 Å². The third-order valence-electron chi connectivity index (χ3n) is 3.48. The van der Waals surface area contributed by atoms with Gasteiger partial charge in [-0.2, -0.15) is 0 Å². The summed E-state index contributed by atoms with van der Waals surface area (Å²) in [6.45, 7) is 2.63. The first-order chi connectivity index (χ1) is 9.45. The van der Waals surface area contributed by atoms with Crippen molar-refractivity contribution in [2.75, 3.05) is 6.54 Å². The topological polar surface area (TPSA) is 107 Å². The summed E-state index contributed by atoms with van der Waals surface area (Å²) in [5, 5.41) is 19.9. The second-order valence-corrected chi connectivity index (χ2v) is 5.07. The molecule has 1 fully saturated rings. The number of hydrogen-bond acceptors (Lipinski definition) is 3. The van der Waals surface area contributed by atoms with Crippen molar-refractivity contribution in [3.8, 4) is 0 Å². The number of hydrogen-bond donors (Lipinski definition) is 3. The molecule has 0 spiro atoms. The summed E-state index contributed by atoms with van der Waals surface area (Å²) in [6.07, 6.45) is 4.08. The standard InChI is InChI=1S/C13H22N2O5/c1-2-5-9-6-3-4-7-15(9)13(20)14-10(12(18)19)8-11(16)17/h9-10H,2-8H2,1H3,(H,14,20)(H,16,17)(H,18,19)/t9?,10-/m1/s1. The van der Waals surface area contributed by atoms with E-state index in [-0.39, 0.29) is 6.04 Å². The maximum atomic E-state index is 12.1. The van der Waals surface area contributed by atoms with Crippen molar-refractivity contribution in [2.24, 2.45) is 0 Å². The van der Waals surface area contributed by atoms with Crippen molar-refractivity contribution < 1.29 is 24.6 Å². The highest BCUT2D eigenvalue weighted by Gasteiger charge is 2.30. The number of nitrogens with one attached hydrogen (secondary N) is 1. The summed E-state index contributed by atoms with van der Waals surface area (Å²) >= 11 is 0. The number of carbonyl (C=O) groups is 3. The number of carboxylic acid groups (broad SMARTS) is 2. The van der Waals surface area contributed by atoms with Gasteiger partial charge in [-0.1, -0.05) is 13.3 Å². The highest BCUT2D eigenvalue weighted by molar-refractivity contribution is 5.86. The smallest absolute Gasteiger partial charge is 0.326 e. The summed E-state index contributed by atoms with van der Waals surface area (Å²) < 4.78 is 0. The molecule has 0 aromatic rings. The van der Waals surface area contributed by atoms with Crippen LogP contribution in [0.1, 0.15) is 45.4 Å². The largest absolute Gasteiger partial charge is 0.481 e. The lowest BCUT2D eigenvalue weighted by Gasteiger charge is -2.36. The van der Waals surface area contributed by atoms with Crippen molar-refractivity contribution in [3.05, 3.63) is 0 Å². The van der Waals surface area contributed by atoms with Gasteiger partial charge in [-0.3, -0.25) is 4.79 Å². The second kappa shape index (κ2) is 7.72. The van der Waals surface area contributed by atoms with Crippen LogP contribution in [0, 0.1) is 0 Å². The van der Waals surface area contributed by atoms with E-state index in [1.807, 2.05) is 6.92 Å². The number of amides is 2. The lowest BCUT2D eigenvalue weighted by atomic mass is 9.98. The molecule has 0 bridgehead atoms. The molecule has 1 saturated heterocycles. The zero-order valence-electron chi connectivity index (χ0n) is 11.7. The molecule has 1 heterocycles. The van der Waals surface area contributed by atoms with Crippen LogP contribution < -0.4 is 5.32 Å². The number of carboxylic acids is 2. The van der Waals surface area contributed by atoms with E-state index in [9.17, 15) is 14.4 Å². The zero-order chi connectivity index (χ0) is 15.1. The average molecular weight is 286 g/mol. The highest BCUT2D eigenvalue weighted by atomic mass is 16.4. The summed E-state index contributed by atoms with van der Waals surface area (Å²) in [5.41, 5.74) is 0. The van der Waals surface area contributed by atoms with E-state index in [4.69, 9.17) is 10.2 Å². The number of aliphatic carboxylic acids is 2. The molecule has 1 rings (SSSR count). The van der Waals surface area contributed by atoms with Crippen LogP contribution in [-0.2, 0) is 9.59 Å². The zero-order valence-corrected chi connectivity index (χ0v) is 11.7. The predicted molar refractivity (Wildman–Crippen MR) is 71.5 cm³/mol. The molecule has 1 aliphatic heterocycles. The molecule has 20 heavy (non-hydrogen) atoms. The minimum absolute atomic E-state index is 0.119. The molecule has 0 aromatic heterocycles. The Labute approximate surface area is 117 Å². The minimum atomic E-state index is -1.38. The van der Waals surface area contributed by atoms with Crippen molar-refractivity contribution in [1.82, 2.24) is 10.2 Å². The molecular formula is C13H22N2O5. The lowest BCUT2D eigenvalue weighted by Crippen LogP contribution is -2.53. The molecule has 0 saturated carbocycles. The molecule has 7 nitrogen and oxygen atoms in total. The van der Waals surface area contributed by atoms with Crippen LogP contribution >= 0.6 is 0 Å². The van der Waals surface area contributed by atoms with Gasteiger partial charge in [0.25, 0.3) is 0 Å². The van der Waals surface area contributed by atoms with Gasteiger partial charge in [-0.05, 0) is 25.7 Å². The van der Waals surface area contributed by atoms with Crippen molar-refractivity contribution in [1.29, 1.82) is 0 Å². The van der Waals surface area contributed by atoms with Crippen LogP contribution in [0.5, 0.6) is 0 Å². The Kier molecular flexibility index (Phi) is 6.27. The molecular weight excluding hydrogens is 264 g/mol. The van der Waals surface area contributed by atoms with Gasteiger partial charge in [0.1, 0.15) is 6.04 Å². The Morgan fingerprint density at radius 1 is 1.30 bits per heavy atom. The van der Waals surface area contributed by atoms with Crippen LogP contribution in [0.15, 0.2) is 0 Å². The Morgan fingerprint density at radius 3 is 2.55 bits per heavy atom. The van der Waals surface area contributed by atoms with E-state index in [0.717, 1.165) is 32.1 Å². The number of nitrogens with zero attached hydrogens (tertiary/aromatic N) is 1. The first-order valence-electron chi connectivity index (χ1n) is 6.97. The lowest BCUT2D eigenvalue weighted by molar-refractivity contribution is -0.145. The van der Waals surface area contributed by atoms with Gasteiger partial charge in [0, 0.05) is 12.6 Å². The van der Waals surface area contributed by atoms with Crippen molar-refractivity contribution in [3.63, 3.8) is 0 Å². The number of piperidine rings is 1. The highest BCUT2D eigenvalue weighted by Crippen LogP contribution is 2.20. The van der Waals surface area contributed by atoms with E-state index in [0.29, 0.717) is 6.54 Å². The summed E-state index contributed by atoms with van der Waals surface area (Å²) in [4.78, 5) is 35.4. The molecule has 3 N–H and O–H groups in total. The van der Waals surface area contributed by atoms with Crippen LogP contribution in [0.4, 0.5) is 4.79 Å². The third-order valence-corrected chi connectivity index (χ3v) is 3.48. The maximum absolute atomic E-state index is 12.1. The Balaban J connectivity index is 2.65. The molecule has 7 heteroatoms. The molecule has 2 atom stereocenters. The number of rotatable bonds is 6. The number of likely N-dealkylation sites (tertiary alicyclic amines) is 1. The maximum Gasteiger partial charge on any atom is 0.326 e. The van der Waals surface area contributed by atoms with Crippen LogP contribution in [0.25, 0.3) is 0 Å². The van der Waals surface area contributed by atoms with Crippen LogP contribution in [0.2, 0.25) is 0 Å². The molecule has 114 valence electrons. The predicted octanol–water partition coefficient (Wildman–Crippen LogP) is 1.28. The Bertz CT molecular complexity index is 370. The van der Waals surface area contributed by atoms with Gasteiger partial charge in [0.15, 0.2) is 0 Å². The first kappa shape index (κ1) is 16.3. The van der Waals surface area contributed by atoms with Gasteiger partial charge in [-0.15, -0.1) is 0 Å². The van der Waals surface area contributed by atoms with E-state index < -0.39 is 30.4 Å². The van der Waals surface area contributed by atoms with Crippen LogP contribution in [0.3, 0.4) is 0 Å². The SMILES string of the molecule is CCCC1CCCCN1C(=O)N[C@H](CC(=O)O)C(=O)O. The molecule has 1 unspecified atom stereocenters. The normalized spacial score (nSPS) is 20.2. The van der Waals surface area contributed by atoms with Gasteiger partial charge in [0.2, 0.25) is 0 Å². The quantitative estimate of drug-likeness (QED) is 0.681. The van der Waals surface area contributed by atoms with Gasteiger partial charge < -0.3 is 20.4 Å². The molecule has 1 aliphatic rings. The first-order valence-corrected chi connectivity index (χ1v) is 6.97. The monoisotopic (exact) mass is 286 g/mol. The fourth-order valence-electron chi connectivity index (χ4n) is 2.51. The van der Waals surface area contributed by atoms with Gasteiger partial charge >= 0.3 is 18.0 Å². The van der Waals surface area contributed by atoms with E-state index in [1.165, 1.54) is 0 Å². The molecule has 2 amide bonds. The molecule has 0 aromatic carbocycles. The third kappa shape index (κ3) is 4.71. The van der Waals surface area contributed by atoms with Gasteiger partial charge in [0.05, 0.1) is 6.42 Å². The number of urea groups is 1. The fraction of sp³-hybridized carbons (Fsp3) is 0.769. The van der Waals surface area contributed by atoms with E-state index in [2.05, 4.69) is 5.32 Å². The van der Waals surface area contributed by atoms with Crippen molar-refractivity contribution in [2.45, 2.75) is 57.5 Å². The Morgan fingerprint density at radius 2 is 2.00 bits per heavy atom. The average Bonchev–Trinajstić information content (AvgIpc) is 2.38. The summed E-state index contributed by atoms with van der Waals surface area (Å²) in [7, 11) is 0. The molecule has 0 radical (unpaired) electrons. The summed E-state index contributed by atoms with van der Waals surface area (Å²) in [6, 6.07) is -1.74. The molecule has 0 aliphatic carbocycles. The van der Waals surface area contributed by atoms with Crippen LogP contribution in [-0.4, -0.2) is 51.7 Å².